The number of hydrogen-bond acceptors (Lipinski definition) is 2. The van der Waals surface area contributed by atoms with Crippen LogP contribution in [0.25, 0.3) is 0 Å². The highest BCUT2D eigenvalue weighted by Gasteiger charge is 2.69. The summed E-state index contributed by atoms with van der Waals surface area (Å²) in [7, 11) is -10.9. The van der Waals surface area contributed by atoms with Crippen LogP contribution in [0.4, 0.5) is 54.6 Å². The lowest BCUT2D eigenvalue weighted by Crippen LogP contribution is -2.39. The van der Waals surface area contributed by atoms with Gasteiger partial charge in [0.05, 0.1) is 12.0 Å². The molecule has 2 nitrogen and oxygen atoms in total. The maximum Gasteiger partial charge on any atom is 0.400 e. The highest BCUT2D eigenvalue weighted by molar-refractivity contribution is 8.45. The maximum atomic E-state index is 15.0. The fourth-order valence-electron chi connectivity index (χ4n) is 6.56. The Morgan fingerprint density at radius 1 is 0.702 bits per heavy atom. The van der Waals surface area contributed by atoms with E-state index >= 15 is 8.78 Å². The van der Waals surface area contributed by atoms with Crippen LogP contribution in [0.2, 0.25) is 0 Å². The molecule has 2 aliphatic carbocycles. The molecule has 2 aliphatic rings. The molecule has 0 atom stereocenters. The molecule has 47 heavy (non-hydrogen) atoms. The SMILES string of the molecule is CCCCCC1CCC(c2cc(F)c(C(F)(F)OC3CCC(C(F)(F)Oc4cc(F)c(S(F)(F)(F)(F)F)c(F)c4)CC3)c(F)c2)CC1. The molecule has 0 bridgehead atoms. The van der Waals surface area contributed by atoms with Crippen molar-refractivity contribution >= 4 is 10.2 Å². The van der Waals surface area contributed by atoms with Gasteiger partial charge in [-0.15, -0.1) is 0 Å². The van der Waals surface area contributed by atoms with Gasteiger partial charge in [-0.2, -0.15) is 17.6 Å². The molecule has 268 valence electrons. The fourth-order valence-corrected chi connectivity index (χ4v) is 7.42. The van der Waals surface area contributed by atoms with Crippen molar-refractivity contribution in [1.29, 1.82) is 0 Å². The number of unbranched alkanes of at least 4 members (excludes halogenated alkanes) is 2. The minimum absolute atomic E-state index is 0.193. The number of hydrogen-bond donors (Lipinski definition) is 0. The Morgan fingerprint density at radius 3 is 1.72 bits per heavy atom. The van der Waals surface area contributed by atoms with Gasteiger partial charge in [0, 0.05) is 12.1 Å². The average molecular weight is 719 g/mol. The molecule has 0 aliphatic heterocycles. The lowest BCUT2D eigenvalue weighted by atomic mass is 9.77. The first-order valence-corrected chi connectivity index (χ1v) is 17.3. The first-order chi connectivity index (χ1) is 21.5. The van der Waals surface area contributed by atoms with Crippen molar-refractivity contribution in [2.75, 3.05) is 0 Å². The molecule has 0 amide bonds. The van der Waals surface area contributed by atoms with Gasteiger partial charge in [0.25, 0.3) is 0 Å². The van der Waals surface area contributed by atoms with Crippen LogP contribution in [-0.4, -0.2) is 12.2 Å². The Bertz CT molecular complexity index is 1370. The molecular formula is C31H35F13O2S. The summed E-state index contributed by atoms with van der Waals surface area (Å²) in [6.45, 7) is 2.10. The van der Waals surface area contributed by atoms with Gasteiger partial charge in [0.15, 0.2) is 16.5 Å². The number of halogens is 13. The predicted octanol–water partition coefficient (Wildman–Crippen LogP) is 13.1. The summed E-state index contributed by atoms with van der Waals surface area (Å²) in [5.74, 6) is -11.8. The molecule has 2 fully saturated rings. The van der Waals surface area contributed by atoms with E-state index in [4.69, 9.17) is 0 Å². The summed E-state index contributed by atoms with van der Waals surface area (Å²) in [6.07, 6.45) is -5.04. The minimum Gasteiger partial charge on any atom is -0.432 e. The summed E-state index contributed by atoms with van der Waals surface area (Å²) in [5.41, 5.74) is -1.36. The molecule has 0 unspecified atom stereocenters. The van der Waals surface area contributed by atoms with E-state index in [0.717, 1.165) is 50.7 Å². The van der Waals surface area contributed by atoms with Crippen molar-refractivity contribution in [3.8, 4) is 5.75 Å². The Labute approximate surface area is 263 Å². The predicted molar refractivity (Wildman–Crippen MR) is 149 cm³/mol. The second-order valence-electron chi connectivity index (χ2n) is 12.5. The van der Waals surface area contributed by atoms with Gasteiger partial charge in [-0.05, 0) is 80.9 Å². The first kappa shape index (κ1) is 37.5. The zero-order valence-electron chi connectivity index (χ0n) is 25.2. The van der Waals surface area contributed by atoms with Crippen molar-refractivity contribution in [2.45, 2.75) is 113 Å². The molecule has 0 saturated heterocycles. The maximum absolute atomic E-state index is 15.0. The molecular weight excluding hydrogens is 683 g/mol. The van der Waals surface area contributed by atoms with Crippen LogP contribution in [-0.2, 0) is 10.8 Å². The Morgan fingerprint density at radius 2 is 1.23 bits per heavy atom. The lowest BCUT2D eigenvalue weighted by Gasteiger charge is -2.40. The van der Waals surface area contributed by atoms with Gasteiger partial charge in [-0.3, -0.25) is 0 Å². The molecule has 0 N–H and O–H groups in total. The van der Waals surface area contributed by atoms with E-state index in [1.807, 2.05) is 0 Å². The van der Waals surface area contributed by atoms with Gasteiger partial charge >= 0.3 is 22.4 Å². The lowest BCUT2D eigenvalue weighted by molar-refractivity contribution is -0.287. The quantitative estimate of drug-likeness (QED) is 0.161. The third-order valence-electron chi connectivity index (χ3n) is 8.97. The third-order valence-corrected chi connectivity index (χ3v) is 10.1. The van der Waals surface area contributed by atoms with Crippen LogP contribution in [0.15, 0.2) is 29.2 Å². The fraction of sp³-hybridized carbons (Fsp3) is 0.613. The topological polar surface area (TPSA) is 18.5 Å². The van der Waals surface area contributed by atoms with Crippen molar-refractivity contribution in [3.63, 3.8) is 0 Å². The first-order valence-electron chi connectivity index (χ1n) is 15.4. The van der Waals surface area contributed by atoms with E-state index in [9.17, 15) is 45.8 Å². The average Bonchev–Trinajstić information content (AvgIpc) is 2.91. The van der Waals surface area contributed by atoms with Gasteiger partial charge < -0.3 is 9.47 Å². The van der Waals surface area contributed by atoms with Gasteiger partial charge in [0.2, 0.25) is 0 Å². The summed E-state index contributed by atoms with van der Waals surface area (Å²) < 4.78 is 190. The van der Waals surface area contributed by atoms with E-state index < -0.39 is 112 Å². The van der Waals surface area contributed by atoms with E-state index in [0.29, 0.717) is 18.8 Å². The molecule has 0 radical (unpaired) electrons. The van der Waals surface area contributed by atoms with Crippen molar-refractivity contribution in [3.05, 3.63) is 58.7 Å². The molecule has 2 aromatic rings. The van der Waals surface area contributed by atoms with E-state index in [2.05, 4.69) is 16.4 Å². The van der Waals surface area contributed by atoms with Crippen LogP contribution in [0.5, 0.6) is 5.75 Å². The van der Waals surface area contributed by atoms with Gasteiger partial charge in [-0.25, -0.2) is 17.6 Å². The minimum atomic E-state index is -10.9. The Balaban J connectivity index is 1.36. The monoisotopic (exact) mass is 718 g/mol. The second-order valence-corrected chi connectivity index (χ2v) is 14.9. The Hall–Kier alpha value is -2.36. The van der Waals surface area contributed by atoms with Crippen LogP contribution >= 0.6 is 10.2 Å². The summed E-state index contributed by atoms with van der Waals surface area (Å²) in [6, 6.07) is 0.797. The molecule has 0 spiro atoms. The molecule has 4 rings (SSSR count). The summed E-state index contributed by atoms with van der Waals surface area (Å²) >= 11 is 0. The third kappa shape index (κ3) is 9.21. The standard InChI is InChI=1S/C31H35F13O2S/c1-2-3-4-5-18-6-8-19(9-7-18)20-14-24(32)28(25(33)15-20)31(38,39)45-22-12-10-21(11-13-22)30(36,37)46-23-16-26(34)29(27(35)17-23)47(40,41,42,43)44/h14-19,21-22H,2-13H2,1H3. The van der Waals surface area contributed by atoms with E-state index in [-0.39, 0.29) is 11.5 Å². The Kier molecular flexibility index (Phi) is 10.2. The van der Waals surface area contributed by atoms with E-state index in [1.165, 1.54) is 0 Å². The normalized spacial score (nSPS) is 24.5. The largest absolute Gasteiger partial charge is 0.432 e. The van der Waals surface area contributed by atoms with Crippen LogP contribution < -0.4 is 4.74 Å². The highest BCUT2D eigenvalue weighted by Crippen LogP contribution is 3.02. The second kappa shape index (κ2) is 12.8. The van der Waals surface area contributed by atoms with Crippen molar-refractivity contribution in [1.82, 2.24) is 0 Å². The highest BCUT2D eigenvalue weighted by atomic mass is 32.5. The molecule has 0 heterocycles. The van der Waals surface area contributed by atoms with Crippen LogP contribution in [0.1, 0.15) is 101 Å². The van der Waals surface area contributed by atoms with Crippen molar-refractivity contribution < 1.29 is 64.0 Å². The molecule has 0 aromatic heterocycles. The zero-order valence-corrected chi connectivity index (χ0v) is 26.1. The van der Waals surface area contributed by atoms with E-state index in [1.54, 1.807) is 0 Å². The van der Waals surface area contributed by atoms with Gasteiger partial charge in [0.1, 0.15) is 22.9 Å². The summed E-state index contributed by atoms with van der Waals surface area (Å²) in [5, 5.41) is 0. The zero-order chi connectivity index (χ0) is 35.1. The van der Waals surface area contributed by atoms with Gasteiger partial charge in [-0.1, -0.05) is 52.0 Å². The number of rotatable bonds is 12. The number of benzene rings is 2. The summed E-state index contributed by atoms with van der Waals surface area (Å²) in [4.78, 5) is -3.51. The molecule has 2 saturated carbocycles. The smallest absolute Gasteiger partial charge is 0.400 e. The van der Waals surface area contributed by atoms with Crippen LogP contribution in [0.3, 0.4) is 0 Å². The van der Waals surface area contributed by atoms with Crippen molar-refractivity contribution in [2.24, 2.45) is 11.8 Å². The molecule has 16 heteroatoms. The number of ether oxygens (including phenoxy) is 2. The molecule has 2 aromatic carbocycles. The van der Waals surface area contributed by atoms with Crippen LogP contribution in [0, 0.1) is 35.1 Å². The number of alkyl halides is 4.